The van der Waals surface area contributed by atoms with Crippen molar-refractivity contribution in [3.05, 3.63) is 63.0 Å². The van der Waals surface area contributed by atoms with Gasteiger partial charge in [-0.1, -0.05) is 30.3 Å². The van der Waals surface area contributed by atoms with E-state index in [1.807, 2.05) is 30.3 Å². The number of H-pyrrole nitrogens is 2. The normalized spacial score (nSPS) is 12.5. The Labute approximate surface area is 124 Å². The summed E-state index contributed by atoms with van der Waals surface area (Å²) in [4.78, 5) is 16.8. The molecule has 3 N–H and O–H groups in total. The van der Waals surface area contributed by atoms with Gasteiger partial charge in [0.25, 0.3) is 0 Å². The fraction of sp³-hybridized carbons (Fsp3) is 0.133. The van der Waals surface area contributed by atoms with Crippen molar-refractivity contribution >= 4 is 32.7 Å². The Morgan fingerprint density at radius 1 is 1.10 bits per heavy atom. The van der Waals surface area contributed by atoms with Crippen LogP contribution in [0.4, 0.5) is 5.69 Å². The molecular formula is C15H14BrN3O. The molecule has 3 aromatic rings. The van der Waals surface area contributed by atoms with Crippen molar-refractivity contribution in [1.29, 1.82) is 0 Å². The van der Waals surface area contributed by atoms with Crippen LogP contribution < -0.4 is 11.0 Å². The first-order valence-electron chi connectivity index (χ1n) is 6.36. The average Bonchev–Trinajstić information content (AvgIpc) is 2.79. The van der Waals surface area contributed by atoms with Crippen LogP contribution >= 0.6 is 15.9 Å². The molecule has 1 aromatic heterocycles. The van der Waals surface area contributed by atoms with Crippen LogP contribution in [0.5, 0.6) is 0 Å². The van der Waals surface area contributed by atoms with Gasteiger partial charge in [0.05, 0.1) is 16.7 Å². The van der Waals surface area contributed by atoms with E-state index in [-0.39, 0.29) is 11.7 Å². The van der Waals surface area contributed by atoms with E-state index in [1.165, 1.54) is 5.56 Å². The lowest BCUT2D eigenvalue weighted by atomic mass is 10.1. The molecule has 1 heterocycles. The highest BCUT2D eigenvalue weighted by atomic mass is 79.9. The van der Waals surface area contributed by atoms with Gasteiger partial charge in [-0.2, -0.15) is 0 Å². The summed E-state index contributed by atoms with van der Waals surface area (Å²) in [5.74, 6) is 0. The first-order valence-corrected chi connectivity index (χ1v) is 7.16. The maximum atomic E-state index is 11.3. The van der Waals surface area contributed by atoms with E-state index in [1.54, 1.807) is 0 Å². The smallest absolute Gasteiger partial charge is 0.323 e. The predicted octanol–water partition coefficient (Wildman–Crippen LogP) is 3.79. The van der Waals surface area contributed by atoms with E-state index in [2.05, 4.69) is 50.3 Å². The standard InChI is InChI=1S/C15H14BrN3O/c1-9(10-5-3-2-4-6-10)17-12-8-14-13(7-11(12)16)18-15(20)19-14/h2-9,17H,1H3,(H2,18,19,20). The molecule has 20 heavy (non-hydrogen) atoms. The minimum absolute atomic E-state index is 0.176. The van der Waals surface area contributed by atoms with Crippen molar-refractivity contribution in [3.8, 4) is 0 Å². The number of anilines is 1. The van der Waals surface area contributed by atoms with E-state index in [4.69, 9.17) is 0 Å². The van der Waals surface area contributed by atoms with Crippen LogP contribution in [0.25, 0.3) is 11.0 Å². The fourth-order valence-corrected chi connectivity index (χ4v) is 2.68. The zero-order valence-corrected chi connectivity index (χ0v) is 12.5. The summed E-state index contributed by atoms with van der Waals surface area (Å²) in [6.07, 6.45) is 0. The third-order valence-corrected chi connectivity index (χ3v) is 3.93. The van der Waals surface area contributed by atoms with Gasteiger partial charge in [-0.3, -0.25) is 0 Å². The number of aromatic amines is 2. The lowest BCUT2D eigenvalue weighted by Crippen LogP contribution is -2.06. The molecule has 0 aliphatic rings. The lowest BCUT2D eigenvalue weighted by molar-refractivity contribution is 0.884. The number of benzene rings is 2. The summed E-state index contributed by atoms with van der Waals surface area (Å²) in [5.41, 5.74) is 3.55. The van der Waals surface area contributed by atoms with Crippen LogP contribution in [-0.2, 0) is 0 Å². The van der Waals surface area contributed by atoms with E-state index < -0.39 is 0 Å². The van der Waals surface area contributed by atoms with Gasteiger partial charge in [-0.25, -0.2) is 4.79 Å². The number of imidazole rings is 1. The highest BCUT2D eigenvalue weighted by Gasteiger charge is 2.09. The van der Waals surface area contributed by atoms with Gasteiger partial charge in [0.2, 0.25) is 0 Å². The molecular weight excluding hydrogens is 318 g/mol. The monoisotopic (exact) mass is 331 g/mol. The molecule has 2 aromatic carbocycles. The Kier molecular flexibility index (Phi) is 3.36. The molecule has 1 atom stereocenters. The van der Waals surface area contributed by atoms with Crippen molar-refractivity contribution in [2.24, 2.45) is 0 Å². The van der Waals surface area contributed by atoms with Crippen LogP contribution in [0.3, 0.4) is 0 Å². The van der Waals surface area contributed by atoms with Crippen LogP contribution in [0.1, 0.15) is 18.5 Å². The van der Waals surface area contributed by atoms with Crippen molar-refractivity contribution < 1.29 is 0 Å². The molecule has 0 spiro atoms. The van der Waals surface area contributed by atoms with E-state index in [0.29, 0.717) is 0 Å². The summed E-state index contributed by atoms with van der Waals surface area (Å²) in [6, 6.07) is 14.2. The molecule has 1 unspecified atom stereocenters. The summed E-state index contributed by atoms with van der Waals surface area (Å²) in [6.45, 7) is 2.10. The molecule has 0 radical (unpaired) electrons. The quantitative estimate of drug-likeness (QED) is 0.683. The molecule has 0 aliphatic heterocycles. The van der Waals surface area contributed by atoms with Crippen molar-refractivity contribution in [2.45, 2.75) is 13.0 Å². The number of rotatable bonds is 3. The minimum Gasteiger partial charge on any atom is -0.378 e. The van der Waals surface area contributed by atoms with Crippen molar-refractivity contribution in [2.75, 3.05) is 5.32 Å². The average molecular weight is 332 g/mol. The molecule has 0 aliphatic carbocycles. The SMILES string of the molecule is CC(Nc1cc2[nH]c(=O)[nH]c2cc1Br)c1ccccc1. The number of aromatic nitrogens is 2. The van der Waals surface area contributed by atoms with Gasteiger partial charge in [0.1, 0.15) is 0 Å². The van der Waals surface area contributed by atoms with Crippen LogP contribution in [0, 0.1) is 0 Å². The van der Waals surface area contributed by atoms with Crippen LogP contribution in [0.15, 0.2) is 51.7 Å². The molecule has 5 heteroatoms. The number of hydrogen-bond donors (Lipinski definition) is 3. The summed E-state index contributed by atoms with van der Waals surface area (Å²) >= 11 is 3.53. The zero-order chi connectivity index (χ0) is 14.1. The molecule has 3 rings (SSSR count). The first-order chi connectivity index (χ1) is 9.63. The third kappa shape index (κ3) is 2.49. The Morgan fingerprint density at radius 3 is 2.45 bits per heavy atom. The van der Waals surface area contributed by atoms with E-state index >= 15 is 0 Å². The zero-order valence-electron chi connectivity index (χ0n) is 10.9. The van der Waals surface area contributed by atoms with E-state index in [9.17, 15) is 4.79 Å². The summed E-state index contributed by atoms with van der Waals surface area (Å²) < 4.78 is 0.919. The van der Waals surface area contributed by atoms with Gasteiger partial charge in [-0.15, -0.1) is 0 Å². The molecule has 0 amide bonds. The predicted molar refractivity (Wildman–Crippen MR) is 85.1 cm³/mol. The lowest BCUT2D eigenvalue weighted by Gasteiger charge is -2.17. The fourth-order valence-electron chi connectivity index (χ4n) is 2.22. The Balaban J connectivity index is 1.94. The molecule has 0 saturated carbocycles. The van der Waals surface area contributed by atoms with Gasteiger partial charge in [0, 0.05) is 10.5 Å². The second kappa shape index (κ2) is 5.17. The van der Waals surface area contributed by atoms with Gasteiger partial charge < -0.3 is 15.3 Å². The second-order valence-electron chi connectivity index (χ2n) is 4.73. The minimum atomic E-state index is -0.194. The molecule has 0 saturated heterocycles. The highest BCUT2D eigenvalue weighted by molar-refractivity contribution is 9.10. The molecule has 0 fully saturated rings. The third-order valence-electron chi connectivity index (χ3n) is 3.28. The van der Waals surface area contributed by atoms with E-state index in [0.717, 1.165) is 21.2 Å². The van der Waals surface area contributed by atoms with Crippen LogP contribution in [0.2, 0.25) is 0 Å². The number of nitrogens with one attached hydrogen (secondary N) is 3. The number of hydrogen-bond acceptors (Lipinski definition) is 2. The summed E-state index contributed by atoms with van der Waals surface area (Å²) in [7, 11) is 0. The maximum Gasteiger partial charge on any atom is 0.323 e. The topological polar surface area (TPSA) is 60.7 Å². The highest BCUT2D eigenvalue weighted by Crippen LogP contribution is 2.29. The van der Waals surface area contributed by atoms with Crippen molar-refractivity contribution in [1.82, 2.24) is 9.97 Å². The second-order valence-corrected chi connectivity index (χ2v) is 5.59. The number of fused-ring (bicyclic) bond motifs is 1. The molecule has 0 bridgehead atoms. The van der Waals surface area contributed by atoms with Gasteiger partial charge in [-0.05, 0) is 40.5 Å². The van der Waals surface area contributed by atoms with Crippen LogP contribution in [-0.4, -0.2) is 9.97 Å². The Bertz CT molecular complexity index is 792. The van der Waals surface area contributed by atoms with Gasteiger partial charge in [0.15, 0.2) is 0 Å². The Morgan fingerprint density at radius 2 is 1.75 bits per heavy atom. The maximum absolute atomic E-state index is 11.3. The Hall–Kier alpha value is -2.01. The first kappa shape index (κ1) is 13.0. The molecule has 102 valence electrons. The number of halogens is 1. The summed E-state index contributed by atoms with van der Waals surface area (Å²) in [5, 5.41) is 3.45. The molecule has 4 nitrogen and oxygen atoms in total. The largest absolute Gasteiger partial charge is 0.378 e. The van der Waals surface area contributed by atoms with Crippen molar-refractivity contribution in [3.63, 3.8) is 0 Å². The van der Waals surface area contributed by atoms with Gasteiger partial charge >= 0.3 is 5.69 Å².